The van der Waals surface area contributed by atoms with E-state index in [-0.39, 0.29) is 5.91 Å². The lowest BCUT2D eigenvalue weighted by atomic mass is 10.0. The minimum Gasteiger partial charge on any atom is -0.397 e. The summed E-state index contributed by atoms with van der Waals surface area (Å²) in [5, 5.41) is 2.94. The Morgan fingerprint density at radius 1 is 1.39 bits per heavy atom. The van der Waals surface area contributed by atoms with Crippen molar-refractivity contribution >= 4 is 23.0 Å². The molecule has 0 spiro atoms. The molecule has 1 aromatic rings. The van der Waals surface area contributed by atoms with Crippen molar-refractivity contribution in [1.29, 1.82) is 0 Å². The third-order valence-electron chi connectivity index (χ3n) is 4.01. The highest BCUT2D eigenvalue weighted by Gasteiger charge is 2.24. The van der Waals surface area contributed by atoms with Gasteiger partial charge in [-0.15, -0.1) is 0 Å². The number of benzene rings is 1. The molecule has 4 nitrogen and oxygen atoms in total. The molecule has 96 valence electrons. The van der Waals surface area contributed by atoms with Gasteiger partial charge in [-0.05, 0) is 43.9 Å². The molecule has 2 aliphatic heterocycles. The Labute approximate surface area is 107 Å². The summed E-state index contributed by atoms with van der Waals surface area (Å²) < 4.78 is 0. The van der Waals surface area contributed by atoms with Crippen LogP contribution in [-0.4, -0.2) is 18.5 Å². The maximum atomic E-state index is 11.5. The van der Waals surface area contributed by atoms with Crippen LogP contribution in [0.4, 0.5) is 17.1 Å². The van der Waals surface area contributed by atoms with Crippen LogP contribution in [0, 0.1) is 0 Å². The van der Waals surface area contributed by atoms with Gasteiger partial charge >= 0.3 is 0 Å². The number of amides is 1. The minimum absolute atomic E-state index is 0.104. The molecule has 3 N–H and O–H groups in total. The second-order valence-corrected chi connectivity index (χ2v) is 5.30. The van der Waals surface area contributed by atoms with Crippen LogP contribution in [0.15, 0.2) is 12.1 Å². The van der Waals surface area contributed by atoms with Gasteiger partial charge in [0.05, 0.1) is 11.4 Å². The van der Waals surface area contributed by atoms with Gasteiger partial charge in [-0.25, -0.2) is 0 Å². The minimum atomic E-state index is 0.104. The highest BCUT2D eigenvalue weighted by molar-refractivity contribution is 5.95. The molecule has 1 unspecified atom stereocenters. The van der Waals surface area contributed by atoms with Gasteiger partial charge in [0.1, 0.15) is 0 Å². The third-order valence-corrected chi connectivity index (χ3v) is 4.01. The van der Waals surface area contributed by atoms with Crippen molar-refractivity contribution in [3.63, 3.8) is 0 Å². The first-order valence-electron chi connectivity index (χ1n) is 6.64. The van der Waals surface area contributed by atoms with Crippen molar-refractivity contribution in [1.82, 2.24) is 0 Å². The lowest BCUT2D eigenvalue weighted by Crippen LogP contribution is -2.28. The standard InChI is InChI=1S/C14H19N3O/c1-9-3-2-6-17(9)13-8-12-10(7-11(13)15)4-5-14(18)16-12/h7-9H,2-6,15H2,1H3,(H,16,18). The first-order valence-corrected chi connectivity index (χ1v) is 6.64. The number of rotatable bonds is 1. The Kier molecular flexibility index (Phi) is 2.65. The number of carbonyl (C=O) groups excluding carboxylic acids is 1. The molecule has 18 heavy (non-hydrogen) atoms. The van der Waals surface area contributed by atoms with Crippen LogP contribution in [0.3, 0.4) is 0 Å². The van der Waals surface area contributed by atoms with E-state index in [1.54, 1.807) is 0 Å². The fourth-order valence-corrected chi connectivity index (χ4v) is 2.98. The molecule has 2 aliphatic rings. The summed E-state index contributed by atoms with van der Waals surface area (Å²) >= 11 is 0. The van der Waals surface area contributed by atoms with E-state index in [1.165, 1.54) is 12.8 Å². The molecule has 0 aromatic heterocycles. The topological polar surface area (TPSA) is 58.4 Å². The number of nitrogens with two attached hydrogens (primary N) is 1. The van der Waals surface area contributed by atoms with E-state index < -0.39 is 0 Å². The van der Waals surface area contributed by atoms with E-state index in [2.05, 4.69) is 17.1 Å². The number of hydrogen-bond acceptors (Lipinski definition) is 3. The lowest BCUT2D eigenvalue weighted by molar-refractivity contribution is -0.116. The smallest absolute Gasteiger partial charge is 0.224 e. The highest BCUT2D eigenvalue weighted by Crippen LogP contribution is 2.36. The van der Waals surface area contributed by atoms with E-state index in [4.69, 9.17) is 5.73 Å². The number of aryl methyl sites for hydroxylation is 1. The number of carbonyl (C=O) groups is 1. The number of nitrogens with zero attached hydrogens (tertiary/aromatic N) is 1. The summed E-state index contributed by atoms with van der Waals surface area (Å²) in [6, 6.07) is 4.60. The van der Waals surface area contributed by atoms with Gasteiger partial charge in [0.25, 0.3) is 0 Å². The summed E-state index contributed by atoms with van der Waals surface area (Å²) in [5.41, 5.74) is 10.2. The van der Waals surface area contributed by atoms with Crippen LogP contribution < -0.4 is 16.0 Å². The molecule has 1 fully saturated rings. The average Bonchev–Trinajstić information content (AvgIpc) is 2.75. The van der Waals surface area contributed by atoms with Crippen LogP contribution in [0.5, 0.6) is 0 Å². The fraction of sp³-hybridized carbons (Fsp3) is 0.500. The van der Waals surface area contributed by atoms with Crippen LogP contribution >= 0.6 is 0 Å². The van der Waals surface area contributed by atoms with Gasteiger partial charge in [-0.2, -0.15) is 0 Å². The van der Waals surface area contributed by atoms with Gasteiger partial charge in [0.2, 0.25) is 5.91 Å². The summed E-state index contributed by atoms with van der Waals surface area (Å²) in [7, 11) is 0. The van der Waals surface area contributed by atoms with E-state index in [1.807, 2.05) is 12.1 Å². The Morgan fingerprint density at radius 3 is 2.94 bits per heavy atom. The summed E-state index contributed by atoms with van der Waals surface area (Å²) in [6.45, 7) is 3.28. The fourth-order valence-electron chi connectivity index (χ4n) is 2.98. The lowest BCUT2D eigenvalue weighted by Gasteiger charge is -2.28. The zero-order chi connectivity index (χ0) is 12.7. The van der Waals surface area contributed by atoms with Gasteiger partial charge in [-0.1, -0.05) is 0 Å². The molecule has 0 aliphatic carbocycles. The van der Waals surface area contributed by atoms with Crippen molar-refractivity contribution in [2.24, 2.45) is 0 Å². The molecule has 1 amide bonds. The maximum Gasteiger partial charge on any atom is 0.224 e. The summed E-state index contributed by atoms with van der Waals surface area (Å²) in [5.74, 6) is 0.104. The van der Waals surface area contributed by atoms with Crippen LogP contribution in [0.1, 0.15) is 31.7 Å². The first-order chi connectivity index (χ1) is 8.65. The van der Waals surface area contributed by atoms with Gasteiger partial charge < -0.3 is 16.0 Å². The first kappa shape index (κ1) is 11.4. The predicted octanol–water partition coefficient (Wildman–Crippen LogP) is 2.14. The molecule has 2 heterocycles. The van der Waals surface area contributed by atoms with Gasteiger partial charge in [0.15, 0.2) is 0 Å². The summed E-state index contributed by atoms with van der Waals surface area (Å²) in [4.78, 5) is 13.8. The summed E-state index contributed by atoms with van der Waals surface area (Å²) in [6.07, 6.45) is 3.78. The molecule has 4 heteroatoms. The maximum absolute atomic E-state index is 11.5. The second kappa shape index (κ2) is 4.19. The average molecular weight is 245 g/mol. The zero-order valence-electron chi connectivity index (χ0n) is 10.7. The molecule has 0 bridgehead atoms. The number of anilines is 3. The molecule has 1 aromatic carbocycles. The van der Waals surface area contributed by atoms with Gasteiger partial charge in [-0.3, -0.25) is 4.79 Å². The number of hydrogen-bond donors (Lipinski definition) is 2. The Morgan fingerprint density at radius 2 is 2.22 bits per heavy atom. The second-order valence-electron chi connectivity index (χ2n) is 5.30. The van der Waals surface area contributed by atoms with Crippen molar-refractivity contribution in [2.75, 3.05) is 22.5 Å². The van der Waals surface area contributed by atoms with Gasteiger partial charge in [0, 0.05) is 24.7 Å². The molecule has 1 saturated heterocycles. The van der Waals surface area contributed by atoms with Crippen molar-refractivity contribution < 1.29 is 4.79 Å². The van der Waals surface area contributed by atoms with E-state index >= 15 is 0 Å². The van der Waals surface area contributed by atoms with E-state index in [0.29, 0.717) is 12.5 Å². The number of fused-ring (bicyclic) bond motifs is 1. The predicted molar refractivity (Wildman–Crippen MR) is 73.8 cm³/mol. The van der Waals surface area contributed by atoms with Crippen molar-refractivity contribution in [2.45, 2.75) is 38.6 Å². The molecule has 3 rings (SSSR count). The Bertz CT molecular complexity index is 498. The zero-order valence-corrected chi connectivity index (χ0v) is 10.7. The molecule has 1 atom stereocenters. The number of nitrogen functional groups attached to an aromatic ring is 1. The van der Waals surface area contributed by atoms with Crippen molar-refractivity contribution in [3.8, 4) is 0 Å². The molecule has 0 saturated carbocycles. The third kappa shape index (κ3) is 1.82. The van der Waals surface area contributed by atoms with E-state index in [0.717, 1.165) is 35.6 Å². The molecular formula is C14H19N3O. The largest absolute Gasteiger partial charge is 0.397 e. The van der Waals surface area contributed by atoms with Crippen LogP contribution in [0.2, 0.25) is 0 Å². The monoisotopic (exact) mass is 245 g/mol. The van der Waals surface area contributed by atoms with E-state index in [9.17, 15) is 4.79 Å². The Balaban J connectivity index is 2.00. The molecule has 0 radical (unpaired) electrons. The highest BCUT2D eigenvalue weighted by atomic mass is 16.1. The Hall–Kier alpha value is -1.71. The normalized spacial score (nSPS) is 22.8. The number of nitrogens with one attached hydrogen (secondary N) is 1. The quantitative estimate of drug-likeness (QED) is 0.745. The SMILES string of the molecule is CC1CCCN1c1cc2c(cc1N)CCC(=O)N2. The van der Waals surface area contributed by atoms with Crippen LogP contribution in [-0.2, 0) is 11.2 Å². The molecular weight excluding hydrogens is 226 g/mol. The van der Waals surface area contributed by atoms with Crippen LogP contribution in [0.25, 0.3) is 0 Å². The van der Waals surface area contributed by atoms with Crippen molar-refractivity contribution in [3.05, 3.63) is 17.7 Å².